The van der Waals surface area contributed by atoms with Crippen molar-refractivity contribution in [1.82, 2.24) is 0 Å². The molecule has 2 rings (SSSR count). The minimum absolute atomic E-state index is 0.000314. The lowest BCUT2D eigenvalue weighted by atomic mass is 9.84. The molecule has 39 heavy (non-hydrogen) atoms. The van der Waals surface area contributed by atoms with Crippen LogP contribution in [-0.2, 0) is 20.7 Å². The summed E-state index contributed by atoms with van der Waals surface area (Å²) in [5.41, 5.74) is 1.51. The van der Waals surface area contributed by atoms with Crippen LogP contribution in [-0.4, -0.2) is 25.7 Å². The third-order valence-electron chi connectivity index (χ3n) is 7.08. The number of benzene rings is 2. The van der Waals surface area contributed by atoms with E-state index in [-0.39, 0.29) is 24.5 Å². The Hall–Kier alpha value is -2.08. The number of amides is 2. The van der Waals surface area contributed by atoms with Gasteiger partial charge in [-0.05, 0) is 48.7 Å². The Kier molecular flexibility index (Phi) is 14.3. The fourth-order valence-electron chi connectivity index (χ4n) is 4.71. The summed E-state index contributed by atoms with van der Waals surface area (Å²) in [5.74, 6) is -0.169. The van der Waals surface area contributed by atoms with Crippen molar-refractivity contribution in [2.45, 2.75) is 91.9 Å². The first kappa shape index (κ1) is 33.1. The monoisotopic (exact) mass is 576 g/mol. The van der Waals surface area contributed by atoms with Gasteiger partial charge in [0.15, 0.2) is 0 Å². The number of methoxy groups -OCH3 is 1. The Balaban J connectivity index is 1.99. The van der Waals surface area contributed by atoms with Crippen molar-refractivity contribution in [2.24, 2.45) is 11.3 Å². The number of carbonyl (C=O) groups excluding carboxylic acids is 2. The van der Waals surface area contributed by atoms with E-state index in [2.05, 4.69) is 12.2 Å². The van der Waals surface area contributed by atoms with E-state index in [0.717, 1.165) is 18.4 Å². The first-order valence-corrected chi connectivity index (χ1v) is 15.0. The average molecular weight is 578 g/mol. The van der Waals surface area contributed by atoms with E-state index >= 15 is 0 Å². The van der Waals surface area contributed by atoms with Crippen molar-refractivity contribution in [3.63, 3.8) is 0 Å². The maximum atomic E-state index is 13.7. The molecule has 0 bridgehead atoms. The topological polar surface area (TPSA) is 58.6 Å². The zero-order chi connectivity index (χ0) is 28.8. The molecule has 216 valence electrons. The molecular weight excluding hydrogens is 531 g/mol. The van der Waals surface area contributed by atoms with Gasteiger partial charge in [-0.15, -0.1) is 0 Å². The average Bonchev–Trinajstić information content (AvgIpc) is 2.90. The molecule has 0 aliphatic carbocycles. The second-order valence-electron chi connectivity index (χ2n) is 11.2. The van der Waals surface area contributed by atoms with E-state index in [1.54, 1.807) is 24.1 Å². The molecule has 5 nitrogen and oxygen atoms in total. The summed E-state index contributed by atoms with van der Waals surface area (Å²) in [7, 11) is 1.56. The lowest BCUT2D eigenvalue weighted by Crippen LogP contribution is -2.43. The van der Waals surface area contributed by atoms with E-state index in [0.29, 0.717) is 27.8 Å². The fourth-order valence-corrected chi connectivity index (χ4v) is 5.03. The summed E-state index contributed by atoms with van der Waals surface area (Å²) < 4.78 is 5.39. The number of hydrogen-bond donors (Lipinski definition) is 1. The van der Waals surface area contributed by atoms with Gasteiger partial charge >= 0.3 is 0 Å². The number of carbonyl (C=O) groups is 2. The third-order valence-corrected chi connectivity index (χ3v) is 7.82. The molecule has 1 N–H and O–H groups in total. The summed E-state index contributed by atoms with van der Waals surface area (Å²) in [6.07, 6.45) is 11.4. The first-order valence-electron chi connectivity index (χ1n) is 14.2. The summed E-state index contributed by atoms with van der Waals surface area (Å²) in [4.78, 5) is 28.2. The number of rotatable bonds is 17. The highest BCUT2D eigenvalue weighted by atomic mass is 35.5. The van der Waals surface area contributed by atoms with Gasteiger partial charge in [-0.3, -0.25) is 14.5 Å². The number of halogens is 2. The second kappa shape index (κ2) is 16.9. The van der Waals surface area contributed by atoms with E-state index in [4.69, 9.17) is 27.9 Å². The van der Waals surface area contributed by atoms with Gasteiger partial charge in [-0.1, -0.05) is 114 Å². The normalized spacial score (nSPS) is 12.3. The van der Waals surface area contributed by atoms with Crippen LogP contribution in [0.15, 0.2) is 42.5 Å². The highest BCUT2D eigenvalue weighted by Gasteiger charge is 2.33. The van der Waals surface area contributed by atoms with Crippen molar-refractivity contribution >= 4 is 46.4 Å². The van der Waals surface area contributed by atoms with E-state index in [1.165, 1.54) is 44.9 Å². The van der Waals surface area contributed by atoms with E-state index in [1.807, 2.05) is 51.1 Å². The van der Waals surface area contributed by atoms with Crippen LogP contribution in [0.4, 0.5) is 11.4 Å². The van der Waals surface area contributed by atoms with Crippen molar-refractivity contribution < 1.29 is 14.3 Å². The van der Waals surface area contributed by atoms with Gasteiger partial charge in [-0.2, -0.15) is 0 Å². The maximum absolute atomic E-state index is 13.7. The second-order valence-corrected chi connectivity index (χ2v) is 12.0. The zero-order valence-corrected chi connectivity index (χ0v) is 25.8. The lowest BCUT2D eigenvalue weighted by Gasteiger charge is -2.32. The molecule has 2 aromatic rings. The molecular formula is C32H46Cl2N2O3. The Morgan fingerprint density at radius 1 is 0.949 bits per heavy atom. The number of anilines is 2. The van der Waals surface area contributed by atoms with Crippen LogP contribution in [0.5, 0.6) is 0 Å². The van der Waals surface area contributed by atoms with Crippen LogP contribution in [0.25, 0.3) is 0 Å². The molecule has 0 saturated carbocycles. The SMILES string of the molecule is CCCCCCCCCCC(C)C(=O)Nc1cccc(N(COC)C(=O)C(C)(C)Cc2ccc(Cl)c(Cl)c2)c1. The molecule has 2 aromatic carbocycles. The molecule has 0 spiro atoms. The number of nitrogens with zero attached hydrogens (tertiary/aromatic N) is 1. The van der Waals surface area contributed by atoms with Crippen LogP contribution in [0.2, 0.25) is 10.0 Å². The molecule has 0 radical (unpaired) electrons. The van der Waals surface area contributed by atoms with Gasteiger partial charge in [0.2, 0.25) is 11.8 Å². The van der Waals surface area contributed by atoms with Gasteiger partial charge in [0.25, 0.3) is 0 Å². The van der Waals surface area contributed by atoms with Crippen LogP contribution < -0.4 is 10.2 Å². The summed E-state index contributed by atoms with van der Waals surface area (Å²) in [5, 5.41) is 3.99. The Bertz CT molecular complexity index is 1060. The minimum atomic E-state index is -0.737. The summed E-state index contributed by atoms with van der Waals surface area (Å²) in [6.45, 7) is 8.11. The van der Waals surface area contributed by atoms with Gasteiger partial charge in [0, 0.05) is 29.8 Å². The van der Waals surface area contributed by atoms with E-state index < -0.39 is 5.41 Å². The smallest absolute Gasteiger partial charge is 0.234 e. The minimum Gasteiger partial charge on any atom is -0.364 e. The third kappa shape index (κ3) is 11.1. The van der Waals surface area contributed by atoms with Crippen molar-refractivity contribution in [2.75, 3.05) is 24.1 Å². The fraction of sp³-hybridized carbons (Fsp3) is 0.562. The quantitative estimate of drug-likeness (QED) is 0.151. The molecule has 0 heterocycles. The number of nitrogens with one attached hydrogen (secondary N) is 1. The predicted octanol–water partition coefficient (Wildman–Crippen LogP) is 9.30. The molecule has 2 amide bonds. The maximum Gasteiger partial charge on any atom is 0.234 e. The number of unbranched alkanes of at least 4 members (excludes halogenated alkanes) is 7. The van der Waals surface area contributed by atoms with Gasteiger partial charge < -0.3 is 10.1 Å². The Morgan fingerprint density at radius 2 is 1.62 bits per heavy atom. The summed E-state index contributed by atoms with van der Waals surface area (Å²) in [6, 6.07) is 12.8. The van der Waals surface area contributed by atoms with Crippen LogP contribution in [0.3, 0.4) is 0 Å². The molecule has 0 aliphatic heterocycles. The standard InChI is InChI=1S/C32H46Cl2N2O3/c1-6-7-8-9-10-11-12-13-15-24(2)30(37)35-26-16-14-17-27(21-26)36(23-39-5)31(38)32(3,4)22-25-18-19-28(33)29(34)20-25/h14,16-21,24H,6-13,15,22-23H2,1-5H3,(H,35,37). The number of ether oxygens (including phenoxy) is 1. The number of hydrogen-bond acceptors (Lipinski definition) is 3. The van der Waals surface area contributed by atoms with Gasteiger partial charge in [0.05, 0.1) is 10.0 Å². The van der Waals surface area contributed by atoms with Crippen molar-refractivity contribution in [3.8, 4) is 0 Å². The summed E-state index contributed by atoms with van der Waals surface area (Å²) >= 11 is 12.3. The van der Waals surface area contributed by atoms with Crippen LogP contribution >= 0.6 is 23.2 Å². The van der Waals surface area contributed by atoms with Gasteiger partial charge in [-0.25, -0.2) is 0 Å². The van der Waals surface area contributed by atoms with Crippen LogP contribution in [0.1, 0.15) is 91.0 Å². The van der Waals surface area contributed by atoms with Gasteiger partial charge in [0.1, 0.15) is 6.73 Å². The molecule has 1 atom stereocenters. The van der Waals surface area contributed by atoms with E-state index in [9.17, 15) is 9.59 Å². The molecule has 0 aliphatic rings. The molecule has 0 fully saturated rings. The Morgan fingerprint density at radius 3 is 2.26 bits per heavy atom. The zero-order valence-electron chi connectivity index (χ0n) is 24.3. The lowest BCUT2D eigenvalue weighted by molar-refractivity contribution is -0.127. The van der Waals surface area contributed by atoms with Crippen molar-refractivity contribution in [1.29, 1.82) is 0 Å². The highest BCUT2D eigenvalue weighted by molar-refractivity contribution is 6.42. The predicted molar refractivity (Wildman–Crippen MR) is 165 cm³/mol. The highest BCUT2D eigenvalue weighted by Crippen LogP contribution is 2.31. The molecule has 7 heteroatoms. The molecule has 0 aromatic heterocycles. The molecule has 1 unspecified atom stereocenters. The van der Waals surface area contributed by atoms with Crippen LogP contribution in [0, 0.1) is 11.3 Å². The van der Waals surface area contributed by atoms with Crippen molar-refractivity contribution in [3.05, 3.63) is 58.1 Å². The molecule has 0 saturated heterocycles. The largest absolute Gasteiger partial charge is 0.364 e. The Labute approximate surface area is 245 Å². The first-order chi connectivity index (χ1) is 18.6.